The predicted molar refractivity (Wildman–Crippen MR) is 76.1 cm³/mol. The Kier molecular flexibility index (Phi) is 2.32. The van der Waals surface area contributed by atoms with Crippen molar-refractivity contribution in [1.82, 2.24) is 15.4 Å². The molecule has 0 saturated heterocycles. The van der Waals surface area contributed by atoms with Crippen molar-refractivity contribution in [3.63, 3.8) is 0 Å². The van der Waals surface area contributed by atoms with Crippen molar-refractivity contribution in [2.75, 3.05) is 0 Å². The van der Waals surface area contributed by atoms with Gasteiger partial charge in [-0.25, -0.2) is 4.79 Å². The van der Waals surface area contributed by atoms with Crippen molar-refractivity contribution in [3.8, 4) is 11.3 Å². The number of carbonyl (C=O) groups is 1. The van der Waals surface area contributed by atoms with Crippen LogP contribution < -0.4 is 0 Å². The van der Waals surface area contributed by atoms with E-state index in [1.54, 1.807) is 6.07 Å². The highest BCUT2D eigenvalue weighted by Crippen LogP contribution is 2.31. The Bertz CT molecular complexity index is 984. The number of nitrogens with one attached hydrogen (secondary N) is 1. The van der Waals surface area contributed by atoms with Crippen LogP contribution in [0.2, 0.25) is 0 Å². The van der Waals surface area contributed by atoms with Gasteiger partial charge in [0.2, 0.25) is 0 Å². The van der Waals surface area contributed by atoms with Crippen LogP contribution in [0.4, 0.5) is 0 Å². The molecule has 0 bridgehead atoms. The summed E-state index contributed by atoms with van der Waals surface area (Å²) in [5.41, 5.74) is 2.32. The quantitative estimate of drug-likeness (QED) is 0.588. The lowest BCUT2D eigenvalue weighted by Gasteiger charge is -1.97. The molecule has 2 heterocycles. The van der Waals surface area contributed by atoms with E-state index in [1.807, 2.05) is 36.4 Å². The molecule has 0 aliphatic rings. The zero-order valence-corrected chi connectivity index (χ0v) is 10.7. The highest BCUT2D eigenvalue weighted by molar-refractivity contribution is 6.06. The van der Waals surface area contributed by atoms with Gasteiger partial charge >= 0.3 is 5.97 Å². The lowest BCUT2D eigenvalue weighted by molar-refractivity contribution is 0.0691. The van der Waals surface area contributed by atoms with Gasteiger partial charge in [-0.15, -0.1) is 5.10 Å². The average molecular weight is 279 g/mol. The topological polar surface area (TPSA) is 92.0 Å². The van der Waals surface area contributed by atoms with Crippen LogP contribution in [0, 0.1) is 0 Å². The summed E-state index contributed by atoms with van der Waals surface area (Å²) in [6.07, 6.45) is 0. The Hall–Kier alpha value is -3.15. The first-order valence-electron chi connectivity index (χ1n) is 6.30. The van der Waals surface area contributed by atoms with Crippen LogP contribution in [0.15, 0.2) is 46.9 Å². The maximum atomic E-state index is 11.1. The van der Waals surface area contributed by atoms with Crippen LogP contribution in [0.5, 0.6) is 0 Å². The maximum Gasteiger partial charge on any atom is 0.358 e. The van der Waals surface area contributed by atoms with Crippen LogP contribution >= 0.6 is 0 Å². The number of fused-ring (bicyclic) bond motifs is 3. The van der Waals surface area contributed by atoms with Gasteiger partial charge < -0.3 is 9.52 Å². The smallest absolute Gasteiger partial charge is 0.358 e. The van der Waals surface area contributed by atoms with E-state index in [0.29, 0.717) is 16.8 Å². The van der Waals surface area contributed by atoms with E-state index in [4.69, 9.17) is 9.52 Å². The van der Waals surface area contributed by atoms with Crippen LogP contribution in [-0.4, -0.2) is 26.5 Å². The summed E-state index contributed by atoms with van der Waals surface area (Å²) < 4.78 is 5.79. The largest absolute Gasteiger partial charge is 0.476 e. The fourth-order valence-corrected chi connectivity index (χ4v) is 2.45. The number of H-pyrrole nitrogens is 1. The molecule has 0 spiro atoms. The van der Waals surface area contributed by atoms with Gasteiger partial charge in [-0.05, 0) is 18.2 Å². The molecule has 6 nitrogen and oxygen atoms in total. The van der Waals surface area contributed by atoms with E-state index in [1.165, 1.54) is 0 Å². The summed E-state index contributed by atoms with van der Waals surface area (Å²) in [5, 5.41) is 21.0. The monoisotopic (exact) mass is 279 g/mol. The van der Waals surface area contributed by atoms with Crippen LogP contribution in [0.3, 0.4) is 0 Å². The minimum absolute atomic E-state index is 0.106. The van der Waals surface area contributed by atoms with Gasteiger partial charge in [-0.1, -0.05) is 24.3 Å². The molecule has 0 saturated carbocycles. The minimum Gasteiger partial charge on any atom is -0.476 e. The van der Waals surface area contributed by atoms with Crippen LogP contribution in [0.25, 0.3) is 33.2 Å². The number of hydrogen-bond donors (Lipinski definition) is 2. The van der Waals surface area contributed by atoms with Crippen molar-refractivity contribution in [1.29, 1.82) is 0 Å². The summed E-state index contributed by atoms with van der Waals surface area (Å²) in [5.74, 6) is -1.12. The molecular formula is C15H9N3O3. The average Bonchev–Trinajstić information content (AvgIpc) is 3.11. The normalized spacial score (nSPS) is 11.2. The summed E-state index contributed by atoms with van der Waals surface area (Å²) in [6, 6.07) is 13.2. The second-order valence-electron chi connectivity index (χ2n) is 4.64. The van der Waals surface area contributed by atoms with Gasteiger partial charge in [0.25, 0.3) is 0 Å². The van der Waals surface area contributed by atoms with Gasteiger partial charge in [-0.3, -0.25) is 0 Å². The van der Waals surface area contributed by atoms with Crippen molar-refractivity contribution < 1.29 is 14.3 Å². The highest BCUT2D eigenvalue weighted by atomic mass is 16.4. The number of para-hydroxylation sites is 1. The van der Waals surface area contributed by atoms with Gasteiger partial charge in [0, 0.05) is 16.3 Å². The summed E-state index contributed by atoms with van der Waals surface area (Å²) in [7, 11) is 0. The van der Waals surface area contributed by atoms with Gasteiger partial charge in [0.05, 0.1) is 0 Å². The second-order valence-corrected chi connectivity index (χ2v) is 4.64. The first-order chi connectivity index (χ1) is 10.2. The Morgan fingerprint density at radius 3 is 2.71 bits per heavy atom. The number of nitrogens with zero attached hydrogens (tertiary/aromatic N) is 2. The number of aromatic nitrogens is 3. The first kappa shape index (κ1) is 11.7. The van der Waals surface area contributed by atoms with E-state index in [2.05, 4.69) is 15.4 Å². The molecule has 4 aromatic rings. The molecule has 4 rings (SSSR count). The second kappa shape index (κ2) is 4.17. The summed E-state index contributed by atoms with van der Waals surface area (Å²) in [6.45, 7) is 0. The standard InChI is InChI=1S/C15H9N3O3/c19-15(20)14-13(16-18-17-14)8-5-6-10-9-3-1-2-4-11(9)21-12(10)7-8/h1-7H,(H,19,20)(H,16,17,18). The highest BCUT2D eigenvalue weighted by Gasteiger charge is 2.18. The fourth-order valence-electron chi connectivity index (χ4n) is 2.45. The van der Waals surface area contributed by atoms with E-state index in [0.717, 1.165) is 16.4 Å². The molecule has 2 aromatic heterocycles. The zero-order valence-electron chi connectivity index (χ0n) is 10.7. The Labute approximate surface area is 118 Å². The molecule has 0 unspecified atom stereocenters. The van der Waals surface area contributed by atoms with Gasteiger partial charge in [0.15, 0.2) is 5.69 Å². The number of aromatic amines is 1. The lowest BCUT2D eigenvalue weighted by Crippen LogP contribution is -1.99. The molecule has 2 aromatic carbocycles. The third-order valence-electron chi connectivity index (χ3n) is 3.40. The Morgan fingerprint density at radius 2 is 1.86 bits per heavy atom. The maximum absolute atomic E-state index is 11.1. The molecule has 6 heteroatoms. The van der Waals surface area contributed by atoms with E-state index in [-0.39, 0.29) is 5.69 Å². The third-order valence-corrected chi connectivity index (χ3v) is 3.40. The minimum atomic E-state index is -1.12. The summed E-state index contributed by atoms with van der Waals surface area (Å²) >= 11 is 0. The lowest BCUT2D eigenvalue weighted by atomic mass is 10.1. The molecule has 0 aliphatic heterocycles. The van der Waals surface area contributed by atoms with Crippen molar-refractivity contribution in [2.24, 2.45) is 0 Å². The predicted octanol–water partition coefficient (Wildman–Crippen LogP) is 3.07. The number of rotatable bonds is 2. The van der Waals surface area contributed by atoms with Crippen molar-refractivity contribution in [2.45, 2.75) is 0 Å². The molecule has 2 N–H and O–H groups in total. The molecule has 0 aliphatic carbocycles. The molecule has 0 atom stereocenters. The van der Waals surface area contributed by atoms with Crippen molar-refractivity contribution >= 4 is 27.9 Å². The molecule has 0 radical (unpaired) electrons. The first-order valence-corrected chi connectivity index (χ1v) is 6.30. The molecule has 0 fully saturated rings. The van der Waals surface area contributed by atoms with Crippen LogP contribution in [0.1, 0.15) is 10.5 Å². The van der Waals surface area contributed by atoms with E-state index < -0.39 is 5.97 Å². The number of hydrogen-bond acceptors (Lipinski definition) is 4. The molecule has 21 heavy (non-hydrogen) atoms. The zero-order chi connectivity index (χ0) is 14.4. The number of carboxylic acids is 1. The van der Waals surface area contributed by atoms with Crippen molar-refractivity contribution in [3.05, 3.63) is 48.2 Å². The molecule has 0 amide bonds. The SMILES string of the molecule is O=C(O)c1n[nH]nc1-c1ccc2c(c1)oc1ccccc12. The van der Waals surface area contributed by atoms with Gasteiger partial charge in [0.1, 0.15) is 16.9 Å². The van der Waals surface area contributed by atoms with Gasteiger partial charge in [-0.2, -0.15) is 10.3 Å². The molecular weight excluding hydrogens is 270 g/mol. The fraction of sp³-hybridized carbons (Fsp3) is 0. The number of aromatic carboxylic acids is 1. The number of furan rings is 1. The number of benzene rings is 2. The number of carboxylic acid groups (broad SMARTS) is 1. The van der Waals surface area contributed by atoms with Crippen LogP contribution in [-0.2, 0) is 0 Å². The Balaban J connectivity index is 1.97. The third kappa shape index (κ3) is 1.69. The Morgan fingerprint density at radius 1 is 1.05 bits per heavy atom. The van der Waals surface area contributed by atoms with E-state index >= 15 is 0 Å². The van der Waals surface area contributed by atoms with E-state index in [9.17, 15) is 4.79 Å². The summed E-state index contributed by atoms with van der Waals surface area (Å²) in [4.78, 5) is 11.1. The molecule has 102 valence electrons.